The van der Waals surface area contributed by atoms with Crippen LogP contribution in [0.5, 0.6) is 0 Å². The summed E-state index contributed by atoms with van der Waals surface area (Å²) in [5.41, 5.74) is 9.43. The molecule has 0 aliphatic heterocycles. The Balaban J connectivity index is 2.26. The maximum atomic E-state index is 4.74. The SMILES string of the molecule is Cc1cc(C(C)(C)C)cc(-c2c3ccc(CC(C)(C)C)cc3nc[n+]2C)c1C. The summed E-state index contributed by atoms with van der Waals surface area (Å²) in [5, 5.41) is 1.22. The van der Waals surface area contributed by atoms with Crippen LogP contribution in [-0.2, 0) is 18.9 Å². The summed E-state index contributed by atoms with van der Waals surface area (Å²) >= 11 is 0. The molecule has 0 fully saturated rings. The van der Waals surface area contributed by atoms with E-state index < -0.39 is 0 Å². The monoisotopic (exact) mass is 375 g/mol. The summed E-state index contributed by atoms with van der Waals surface area (Å²) < 4.78 is 2.17. The Labute approximate surface area is 170 Å². The van der Waals surface area contributed by atoms with Crippen LogP contribution in [0.4, 0.5) is 0 Å². The summed E-state index contributed by atoms with van der Waals surface area (Å²) in [6, 6.07) is 11.5. The molecule has 0 amide bonds. The second-order valence-electron chi connectivity index (χ2n) is 10.5. The quantitative estimate of drug-likeness (QED) is 0.485. The molecule has 0 unspecified atom stereocenters. The Hall–Kier alpha value is -2.22. The average molecular weight is 376 g/mol. The van der Waals surface area contributed by atoms with Gasteiger partial charge in [0.1, 0.15) is 5.69 Å². The van der Waals surface area contributed by atoms with Crippen molar-refractivity contribution in [3.63, 3.8) is 0 Å². The van der Waals surface area contributed by atoms with E-state index in [9.17, 15) is 0 Å². The van der Waals surface area contributed by atoms with E-state index in [0.29, 0.717) is 0 Å². The second-order valence-corrected chi connectivity index (χ2v) is 10.5. The molecule has 0 radical (unpaired) electrons. The third-order valence-electron chi connectivity index (χ3n) is 5.56. The number of aromatic nitrogens is 2. The van der Waals surface area contributed by atoms with E-state index in [4.69, 9.17) is 4.98 Å². The highest BCUT2D eigenvalue weighted by Gasteiger charge is 2.22. The molecule has 0 saturated carbocycles. The van der Waals surface area contributed by atoms with Gasteiger partial charge in [-0.3, -0.25) is 0 Å². The fraction of sp³-hybridized carbons (Fsp3) is 0.462. The zero-order valence-corrected chi connectivity index (χ0v) is 19.1. The van der Waals surface area contributed by atoms with Crippen LogP contribution in [0.15, 0.2) is 36.7 Å². The van der Waals surface area contributed by atoms with Crippen molar-refractivity contribution in [2.24, 2.45) is 12.5 Å². The first-order valence-electron chi connectivity index (χ1n) is 10.3. The first-order chi connectivity index (χ1) is 12.9. The Kier molecular flexibility index (Phi) is 5.12. The Bertz CT molecular complexity index is 1030. The highest BCUT2D eigenvalue weighted by Crippen LogP contribution is 2.34. The number of hydrogen-bond donors (Lipinski definition) is 0. The lowest BCUT2D eigenvalue weighted by atomic mass is 9.83. The molecule has 0 atom stereocenters. The molecule has 0 spiro atoms. The highest BCUT2D eigenvalue weighted by atomic mass is 15.0. The standard InChI is InChI=1S/C26H35N2/c1-17-12-20(26(6,7)8)14-22(18(17)2)24-21-11-10-19(15-25(3,4)5)13-23(21)27-16-28(24)9/h10-14,16H,15H2,1-9H3/q+1. The lowest BCUT2D eigenvalue weighted by Crippen LogP contribution is -2.32. The van der Waals surface area contributed by atoms with Crippen LogP contribution < -0.4 is 4.57 Å². The molecule has 0 aliphatic carbocycles. The van der Waals surface area contributed by atoms with Crippen molar-refractivity contribution in [1.82, 2.24) is 4.98 Å². The van der Waals surface area contributed by atoms with Gasteiger partial charge in [-0.15, -0.1) is 0 Å². The van der Waals surface area contributed by atoms with Crippen LogP contribution in [0.1, 0.15) is 63.8 Å². The van der Waals surface area contributed by atoms with Gasteiger partial charge < -0.3 is 0 Å². The average Bonchev–Trinajstić information content (AvgIpc) is 2.55. The fourth-order valence-corrected chi connectivity index (χ4v) is 3.88. The molecule has 0 bridgehead atoms. The minimum absolute atomic E-state index is 0.120. The van der Waals surface area contributed by atoms with Crippen molar-refractivity contribution in [2.45, 2.75) is 67.2 Å². The van der Waals surface area contributed by atoms with Gasteiger partial charge in [0, 0.05) is 5.56 Å². The van der Waals surface area contributed by atoms with Gasteiger partial charge in [0.25, 0.3) is 6.33 Å². The lowest BCUT2D eigenvalue weighted by molar-refractivity contribution is -0.662. The second kappa shape index (κ2) is 6.99. The molecule has 1 heterocycles. The van der Waals surface area contributed by atoms with Crippen LogP contribution in [-0.4, -0.2) is 4.98 Å². The van der Waals surface area contributed by atoms with Crippen LogP contribution in [0, 0.1) is 19.3 Å². The molecule has 148 valence electrons. The van der Waals surface area contributed by atoms with E-state index in [2.05, 4.69) is 97.3 Å². The zero-order chi connectivity index (χ0) is 20.9. The van der Waals surface area contributed by atoms with Gasteiger partial charge in [-0.1, -0.05) is 53.7 Å². The molecule has 2 heteroatoms. The molecule has 2 nitrogen and oxygen atoms in total. The summed E-state index contributed by atoms with van der Waals surface area (Å²) in [6.45, 7) is 18.1. The van der Waals surface area contributed by atoms with Crippen LogP contribution in [0.2, 0.25) is 0 Å². The van der Waals surface area contributed by atoms with Gasteiger partial charge in [-0.05, 0) is 76.5 Å². The molecule has 0 aliphatic rings. The van der Waals surface area contributed by atoms with E-state index in [0.717, 1.165) is 11.9 Å². The Morgan fingerprint density at radius 3 is 2.21 bits per heavy atom. The smallest absolute Gasteiger partial charge is 0.232 e. The van der Waals surface area contributed by atoms with E-state index >= 15 is 0 Å². The number of aryl methyl sites for hydroxylation is 2. The van der Waals surface area contributed by atoms with Crippen LogP contribution >= 0.6 is 0 Å². The van der Waals surface area contributed by atoms with E-state index in [-0.39, 0.29) is 10.8 Å². The number of benzene rings is 2. The Morgan fingerprint density at radius 1 is 0.929 bits per heavy atom. The number of rotatable bonds is 2. The fourth-order valence-electron chi connectivity index (χ4n) is 3.88. The largest absolute Gasteiger partial charge is 0.287 e. The minimum atomic E-state index is 0.120. The molecule has 2 aromatic carbocycles. The van der Waals surface area contributed by atoms with E-state index in [1.807, 2.05) is 6.33 Å². The van der Waals surface area contributed by atoms with Gasteiger partial charge in [0.05, 0.1) is 12.4 Å². The first-order valence-corrected chi connectivity index (χ1v) is 10.3. The van der Waals surface area contributed by atoms with Crippen molar-refractivity contribution < 1.29 is 4.57 Å². The number of hydrogen-bond acceptors (Lipinski definition) is 1. The third kappa shape index (κ3) is 4.11. The normalized spacial score (nSPS) is 12.6. The van der Waals surface area contributed by atoms with E-state index in [1.165, 1.54) is 38.9 Å². The van der Waals surface area contributed by atoms with Gasteiger partial charge in [-0.25, -0.2) is 4.57 Å². The summed E-state index contributed by atoms with van der Waals surface area (Å²) in [7, 11) is 2.10. The van der Waals surface area contributed by atoms with Crippen LogP contribution in [0.3, 0.4) is 0 Å². The molecular formula is C26H35N2+. The topological polar surface area (TPSA) is 16.8 Å². The van der Waals surface area contributed by atoms with Gasteiger partial charge in [-0.2, -0.15) is 0 Å². The van der Waals surface area contributed by atoms with Crippen molar-refractivity contribution in [2.75, 3.05) is 0 Å². The molecule has 28 heavy (non-hydrogen) atoms. The van der Waals surface area contributed by atoms with E-state index in [1.54, 1.807) is 0 Å². The first kappa shape index (κ1) is 20.5. The third-order valence-corrected chi connectivity index (χ3v) is 5.56. The molecule has 1 aromatic heterocycles. The Morgan fingerprint density at radius 2 is 1.61 bits per heavy atom. The molecule has 0 saturated heterocycles. The maximum absolute atomic E-state index is 4.74. The van der Waals surface area contributed by atoms with Gasteiger partial charge in [0.2, 0.25) is 0 Å². The lowest BCUT2D eigenvalue weighted by Gasteiger charge is -2.22. The van der Waals surface area contributed by atoms with Gasteiger partial charge >= 0.3 is 0 Å². The minimum Gasteiger partial charge on any atom is -0.232 e. The summed E-state index contributed by atoms with van der Waals surface area (Å²) in [4.78, 5) is 4.74. The number of nitrogens with zero attached hydrogens (tertiary/aromatic N) is 2. The maximum Gasteiger partial charge on any atom is 0.287 e. The highest BCUT2D eigenvalue weighted by molar-refractivity contribution is 5.92. The summed E-state index contributed by atoms with van der Waals surface area (Å²) in [5.74, 6) is 0. The van der Waals surface area contributed by atoms with Crippen molar-refractivity contribution in [3.05, 3.63) is 58.9 Å². The van der Waals surface area contributed by atoms with Crippen molar-refractivity contribution in [1.29, 1.82) is 0 Å². The number of fused-ring (bicyclic) bond motifs is 1. The molecule has 3 rings (SSSR count). The summed E-state index contributed by atoms with van der Waals surface area (Å²) in [6.07, 6.45) is 3.01. The van der Waals surface area contributed by atoms with Crippen molar-refractivity contribution >= 4 is 10.9 Å². The molecule has 0 N–H and O–H groups in total. The molecule has 3 aromatic rings. The molecular weight excluding hydrogens is 340 g/mol. The predicted octanol–water partition coefficient (Wildman–Crippen LogP) is 6.23. The predicted molar refractivity (Wildman–Crippen MR) is 120 cm³/mol. The van der Waals surface area contributed by atoms with Gasteiger partial charge in [0.15, 0.2) is 5.52 Å². The van der Waals surface area contributed by atoms with Crippen LogP contribution in [0.25, 0.3) is 22.2 Å². The van der Waals surface area contributed by atoms with Crippen molar-refractivity contribution in [3.8, 4) is 11.3 Å². The zero-order valence-electron chi connectivity index (χ0n) is 19.1.